The Hall–Kier alpha value is 0.652. The van der Waals surface area contributed by atoms with Crippen LogP contribution in [0.2, 0.25) is 0 Å². The third-order valence-electron chi connectivity index (χ3n) is 0.399. The third kappa shape index (κ3) is 12.0. The minimum absolute atomic E-state index is 0. The Morgan fingerprint density at radius 3 is 1.89 bits per heavy atom. The fourth-order valence-electron chi connectivity index (χ4n) is 0.377. The van der Waals surface area contributed by atoms with Crippen LogP contribution in [0.25, 0.3) is 0 Å². The minimum atomic E-state index is -3.72. The summed E-state index contributed by atoms with van der Waals surface area (Å²) in [5, 5.41) is 0. The van der Waals surface area contributed by atoms with Crippen molar-refractivity contribution in [3.05, 3.63) is 0 Å². The highest BCUT2D eigenvalue weighted by Crippen LogP contribution is 2.44. The molecule has 0 saturated carbocycles. The molecule has 0 aliphatic carbocycles. The molecular formula is C4H10AlFO2P. The van der Waals surface area contributed by atoms with Crippen molar-refractivity contribution < 1.29 is 13.3 Å². The van der Waals surface area contributed by atoms with E-state index in [0.717, 1.165) is 6.66 Å². The molecule has 0 heterocycles. The second-order valence-electron chi connectivity index (χ2n) is 1.90. The van der Waals surface area contributed by atoms with E-state index in [4.69, 9.17) is 0 Å². The lowest BCUT2D eigenvalue weighted by Gasteiger charge is -2.06. The average Bonchev–Trinajstić information content (AvgIpc) is 1.21. The summed E-state index contributed by atoms with van der Waals surface area (Å²) in [5.74, 6) is 0. The summed E-state index contributed by atoms with van der Waals surface area (Å²) in [7, 11) is -3.72. The first-order valence-electron chi connectivity index (χ1n) is 2.37. The first-order valence-corrected chi connectivity index (χ1v) is 4.33. The SMILES string of the molecule is CC(C)OP(C)(=O)F.[Al]. The zero-order valence-electron chi connectivity index (χ0n) is 5.80. The van der Waals surface area contributed by atoms with E-state index in [2.05, 4.69) is 4.52 Å². The van der Waals surface area contributed by atoms with E-state index in [1.54, 1.807) is 13.8 Å². The predicted molar refractivity (Wildman–Crippen MR) is 36.6 cm³/mol. The fourth-order valence-corrected chi connectivity index (χ4v) is 1.13. The van der Waals surface area contributed by atoms with Crippen molar-refractivity contribution in [2.75, 3.05) is 6.66 Å². The Labute approximate surface area is 65.5 Å². The highest BCUT2D eigenvalue weighted by Gasteiger charge is 2.13. The van der Waals surface area contributed by atoms with Crippen molar-refractivity contribution in [2.24, 2.45) is 0 Å². The maximum atomic E-state index is 12.0. The van der Waals surface area contributed by atoms with Crippen LogP contribution in [0.15, 0.2) is 0 Å². The van der Waals surface area contributed by atoms with Crippen LogP contribution >= 0.6 is 7.68 Å². The van der Waals surface area contributed by atoms with Gasteiger partial charge in [0.1, 0.15) is 0 Å². The van der Waals surface area contributed by atoms with Gasteiger partial charge in [0.2, 0.25) is 0 Å². The lowest BCUT2D eigenvalue weighted by atomic mass is 10.5. The average molecular weight is 167 g/mol. The van der Waals surface area contributed by atoms with E-state index in [9.17, 15) is 8.76 Å². The number of hydrogen-bond acceptors (Lipinski definition) is 2. The smallest absolute Gasteiger partial charge is 0.303 e. The normalized spacial score (nSPS) is 16.6. The molecule has 53 valence electrons. The summed E-state index contributed by atoms with van der Waals surface area (Å²) in [6, 6.07) is 0. The van der Waals surface area contributed by atoms with Gasteiger partial charge in [-0.3, -0.25) is 4.57 Å². The molecule has 0 spiro atoms. The lowest BCUT2D eigenvalue weighted by Crippen LogP contribution is -1.96. The molecule has 0 saturated heterocycles. The summed E-state index contributed by atoms with van der Waals surface area (Å²) in [6.45, 7) is 4.22. The van der Waals surface area contributed by atoms with Crippen LogP contribution in [-0.4, -0.2) is 30.1 Å². The largest absolute Gasteiger partial charge is 0.364 e. The van der Waals surface area contributed by atoms with Crippen molar-refractivity contribution in [3.8, 4) is 0 Å². The van der Waals surface area contributed by atoms with Gasteiger partial charge in [-0.2, -0.15) is 4.20 Å². The molecule has 0 N–H and O–H groups in total. The molecule has 1 atom stereocenters. The van der Waals surface area contributed by atoms with Crippen molar-refractivity contribution >= 4 is 25.0 Å². The molecule has 1 unspecified atom stereocenters. The van der Waals surface area contributed by atoms with Gasteiger partial charge in [-0.15, -0.1) is 0 Å². The highest BCUT2D eigenvalue weighted by molar-refractivity contribution is 7.52. The van der Waals surface area contributed by atoms with Crippen molar-refractivity contribution in [3.63, 3.8) is 0 Å². The van der Waals surface area contributed by atoms with E-state index in [-0.39, 0.29) is 23.5 Å². The maximum Gasteiger partial charge on any atom is 0.364 e. The maximum absolute atomic E-state index is 12.0. The van der Waals surface area contributed by atoms with Gasteiger partial charge in [0.25, 0.3) is 0 Å². The van der Waals surface area contributed by atoms with Crippen molar-refractivity contribution in [1.82, 2.24) is 0 Å². The quantitative estimate of drug-likeness (QED) is 0.463. The summed E-state index contributed by atoms with van der Waals surface area (Å²) < 4.78 is 26.4. The molecule has 0 rings (SSSR count). The molecule has 0 aliphatic rings. The molecule has 5 heteroatoms. The highest BCUT2D eigenvalue weighted by atomic mass is 31.2. The molecular weight excluding hydrogens is 157 g/mol. The zero-order valence-corrected chi connectivity index (χ0v) is 7.85. The Morgan fingerprint density at radius 1 is 1.56 bits per heavy atom. The van der Waals surface area contributed by atoms with Crippen LogP contribution in [0.3, 0.4) is 0 Å². The van der Waals surface area contributed by atoms with E-state index in [1.165, 1.54) is 0 Å². The fraction of sp³-hybridized carbons (Fsp3) is 1.00. The molecule has 3 radical (unpaired) electrons. The van der Waals surface area contributed by atoms with E-state index in [1.807, 2.05) is 0 Å². The minimum Gasteiger partial charge on any atom is -0.303 e. The Morgan fingerprint density at radius 2 is 1.89 bits per heavy atom. The number of hydrogen-bond donors (Lipinski definition) is 0. The van der Waals surface area contributed by atoms with E-state index < -0.39 is 7.68 Å². The second-order valence-corrected chi connectivity index (χ2v) is 3.61. The standard InChI is InChI=1S/C4H10FO2P.Al/c1-4(2)7-8(3,5)6;/h4H,1-3H3;. The van der Waals surface area contributed by atoms with Gasteiger partial charge < -0.3 is 4.52 Å². The van der Waals surface area contributed by atoms with Gasteiger partial charge >= 0.3 is 7.68 Å². The van der Waals surface area contributed by atoms with Crippen molar-refractivity contribution in [2.45, 2.75) is 20.0 Å². The first kappa shape index (κ1) is 12.3. The van der Waals surface area contributed by atoms with Crippen LogP contribution in [0.5, 0.6) is 0 Å². The molecule has 9 heavy (non-hydrogen) atoms. The predicted octanol–water partition coefficient (Wildman–Crippen LogP) is 1.82. The number of halogens is 1. The third-order valence-corrected chi connectivity index (χ3v) is 1.20. The Bertz CT molecular complexity index is 111. The van der Waals surface area contributed by atoms with Gasteiger partial charge in [0.15, 0.2) is 0 Å². The Balaban J connectivity index is 0. The molecule has 0 aromatic carbocycles. The molecule has 0 amide bonds. The molecule has 0 aromatic heterocycles. The summed E-state index contributed by atoms with van der Waals surface area (Å²) in [6.07, 6.45) is -0.296. The second kappa shape index (κ2) is 4.47. The van der Waals surface area contributed by atoms with Crippen LogP contribution in [0.1, 0.15) is 13.8 Å². The van der Waals surface area contributed by atoms with Gasteiger partial charge in [-0.25, -0.2) is 0 Å². The van der Waals surface area contributed by atoms with Crippen molar-refractivity contribution in [1.29, 1.82) is 0 Å². The van der Waals surface area contributed by atoms with Gasteiger partial charge in [0.05, 0.1) is 6.10 Å². The van der Waals surface area contributed by atoms with Crippen LogP contribution in [-0.2, 0) is 9.09 Å². The van der Waals surface area contributed by atoms with Crippen LogP contribution < -0.4 is 0 Å². The molecule has 0 bridgehead atoms. The molecule has 0 aliphatic heterocycles. The molecule has 0 aromatic rings. The zero-order chi connectivity index (χ0) is 6.78. The van der Waals surface area contributed by atoms with Crippen LogP contribution in [0, 0.1) is 0 Å². The monoisotopic (exact) mass is 167 g/mol. The number of rotatable bonds is 2. The summed E-state index contributed by atoms with van der Waals surface area (Å²) in [5.41, 5.74) is 0. The molecule has 2 nitrogen and oxygen atoms in total. The molecule has 0 fully saturated rings. The summed E-state index contributed by atoms with van der Waals surface area (Å²) >= 11 is 0. The summed E-state index contributed by atoms with van der Waals surface area (Å²) in [4.78, 5) is 0. The van der Waals surface area contributed by atoms with Gasteiger partial charge in [0, 0.05) is 24.0 Å². The Kier molecular flexibility index (Phi) is 6.12. The topological polar surface area (TPSA) is 26.3 Å². The van der Waals surface area contributed by atoms with E-state index >= 15 is 0 Å². The van der Waals surface area contributed by atoms with Gasteiger partial charge in [-0.1, -0.05) is 0 Å². The van der Waals surface area contributed by atoms with Crippen LogP contribution in [0.4, 0.5) is 4.20 Å². The van der Waals surface area contributed by atoms with Gasteiger partial charge in [-0.05, 0) is 13.8 Å². The van der Waals surface area contributed by atoms with E-state index in [0.29, 0.717) is 0 Å². The first-order chi connectivity index (χ1) is 3.42. The lowest BCUT2D eigenvalue weighted by molar-refractivity contribution is 0.227.